The van der Waals surface area contributed by atoms with Gasteiger partial charge in [0.25, 0.3) is 0 Å². The number of rotatable bonds is 3. The SMILES string of the molecule is Nc1ncccc1OCc1c(P)ccc(P)c1Cl. The van der Waals surface area contributed by atoms with Crippen LogP contribution in [0.3, 0.4) is 0 Å². The van der Waals surface area contributed by atoms with Crippen LogP contribution in [0.25, 0.3) is 0 Å². The molecule has 2 unspecified atom stereocenters. The van der Waals surface area contributed by atoms with Gasteiger partial charge in [-0.3, -0.25) is 0 Å². The molecule has 2 atom stereocenters. The molecule has 3 nitrogen and oxygen atoms in total. The minimum Gasteiger partial charge on any atom is -0.485 e. The Morgan fingerprint density at radius 3 is 2.67 bits per heavy atom. The van der Waals surface area contributed by atoms with E-state index in [1.807, 2.05) is 12.1 Å². The van der Waals surface area contributed by atoms with Crippen molar-refractivity contribution < 1.29 is 4.74 Å². The lowest BCUT2D eigenvalue weighted by Crippen LogP contribution is -2.12. The molecule has 0 fully saturated rings. The molecule has 6 heteroatoms. The van der Waals surface area contributed by atoms with Gasteiger partial charge < -0.3 is 10.5 Å². The fourth-order valence-corrected chi connectivity index (χ4v) is 2.39. The predicted molar refractivity (Wildman–Crippen MR) is 83.1 cm³/mol. The smallest absolute Gasteiger partial charge is 0.166 e. The molecule has 18 heavy (non-hydrogen) atoms. The van der Waals surface area contributed by atoms with Crippen LogP contribution < -0.4 is 21.1 Å². The van der Waals surface area contributed by atoms with Crippen molar-refractivity contribution in [2.45, 2.75) is 6.61 Å². The van der Waals surface area contributed by atoms with Crippen molar-refractivity contribution in [2.24, 2.45) is 0 Å². The molecule has 1 aromatic heterocycles. The van der Waals surface area contributed by atoms with Crippen LogP contribution in [0.4, 0.5) is 5.82 Å². The molecule has 0 radical (unpaired) electrons. The second-order valence-electron chi connectivity index (χ2n) is 3.71. The van der Waals surface area contributed by atoms with Gasteiger partial charge in [-0.15, -0.1) is 18.5 Å². The van der Waals surface area contributed by atoms with Crippen LogP contribution >= 0.6 is 30.1 Å². The predicted octanol–water partition coefficient (Wildman–Crippen LogP) is 1.90. The Kier molecular flexibility index (Phi) is 4.40. The maximum absolute atomic E-state index is 6.24. The highest BCUT2D eigenvalue weighted by Crippen LogP contribution is 2.21. The standard InChI is InChI=1S/C12H13ClN2OP2/c13-11-7(9(17)3-4-10(11)18)6-16-8-2-1-5-15-12(8)14/h1-5H,6,17-18H2,(H2,14,15). The van der Waals surface area contributed by atoms with E-state index in [1.54, 1.807) is 18.3 Å². The van der Waals surface area contributed by atoms with E-state index in [-0.39, 0.29) is 0 Å². The van der Waals surface area contributed by atoms with E-state index < -0.39 is 0 Å². The van der Waals surface area contributed by atoms with Crippen molar-refractivity contribution in [2.75, 3.05) is 5.73 Å². The molecule has 0 bridgehead atoms. The molecule has 1 aromatic carbocycles. The van der Waals surface area contributed by atoms with Gasteiger partial charge in [0.2, 0.25) is 0 Å². The first-order valence-electron chi connectivity index (χ1n) is 5.25. The maximum atomic E-state index is 6.24. The summed E-state index contributed by atoms with van der Waals surface area (Å²) in [6.07, 6.45) is 1.62. The second-order valence-corrected chi connectivity index (χ2v) is 5.33. The number of nitrogens with two attached hydrogens (primary N) is 1. The molecule has 0 aliphatic heterocycles. The van der Waals surface area contributed by atoms with Crippen LogP contribution in [0.2, 0.25) is 5.02 Å². The maximum Gasteiger partial charge on any atom is 0.166 e. The van der Waals surface area contributed by atoms with Gasteiger partial charge in [-0.1, -0.05) is 23.7 Å². The summed E-state index contributed by atoms with van der Waals surface area (Å²) in [5.74, 6) is 0.938. The molecule has 0 aliphatic carbocycles. The van der Waals surface area contributed by atoms with E-state index in [0.29, 0.717) is 23.2 Å². The fraction of sp³-hybridized carbons (Fsp3) is 0.0833. The highest BCUT2D eigenvalue weighted by Gasteiger charge is 2.09. The number of hydrogen-bond acceptors (Lipinski definition) is 3. The third-order valence-electron chi connectivity index (χ3n) is 2.48. The average Bonchev–Trinajstić information content (AvgIpc) is 2.36. The van der Waals surface area contributed by atoms with E-state index in [1.165, 1.54) is 0 Å². The van der Waals surface area contributed by atoms with Crippen molar-refractivity contribution in [1.82, 2.24) is 4.98 Å². The highest BCUT2D eigenvalue weighted by atomic mass is 35.5. The summed E-state index contributed by atoms with van der Waals surface area (Å²) in [4.78, 5) is 3.96. The molecular formula is C12H13ClN2OP2. The van der Waals surface area contributed by atoms with Crippen LogP contribution in [-0.2, 0) is 6.61 Å². The van der Waals surface area contributed by atoms with Gasteiger partial charge in [-0.25, -0.2) is 4.98 Å². The van der Waals surface area contributed by atoms with Crippen LogP contribution in [0.15, 0.2) is 30.5 Å². The number of ether oxygens (including phenoxy) is 1. The Morgan fingerprint density at radius 2 is 1.94 bits per heavy atom. The number of pyridine rings is 1. The number of hydrogen-bond donors (Lipinski definition) is 1. The first-order chi connectivity index (χ1) is 8.59. The summed E-state index contributed by atoms with van der Waals surface area (Å²) in [5, 5.41) is 2.64. The Morgan fingerprint density at radius 1 is 1.22 bits per heavy atom. The van der Waals surface area contributed by atoms with Gasteiger partial charge in [0.1, 0.15) is 6.61 Å². The van der Waals surface area contributed by atoms with Gasteiger partial charge in [0, 0.05) is 11.8 Å². The van der Waals surface area contributed by atoms with Crippen LogP contribution in [-0.4, -0.2) is 4.98 Å². The molecule has 0 amide bonds. The van der Waals surface area contributed by atoms with E-state index in [2.05, 4.69) is 23.5 Å². The van der Waals surface area contributed by atoms with Gasteiger partial charge >= 0.3 is 0 Å². The monoisotopic (exact) mass is 298 g/mol. The zero-order valence-corrected chi connectivity index (χ0v) is 12.6. The van der Waals surface area contributed by atoms with E-state index >= 15 is 0 Å². The highest BCUT2D eigenvalue weighted by molar-refractivity contribution is 7.29. The Labute approximate surface area is 115 Å². The Bertz CT molecular complexity index is 578. The van der Waals surface area contributed by atoms with Crippen molar-refractivity contribution in [3.63, 3.8) is 0 Å². The lowest BCUT2D eigenvalue weighted by molar-refractivity contribution is 0.308. The Hall–Kier alpha value is -0.880. The minimum atomic E-state index is 0.357. The first-order valence-corrected chi connectivity index (χ1v) is 6.78. The second kappa shape index (κ2) is 5.84. The number of halogens is 1. The molecule has 2 N–H and O–H groups in total. The minimum absolute atomic E-state index is 0.357. The quantitative estimate of drug-likeness (QED) is 0.881. The molecular weight excluding hydrogens is 286 g/mol. The van der Waals surface area contributed by atoms with E-state index in [0.717, 1.165) is 16.2 Å². The summed E-state index contributed by atoms with van der Waals surface area (Å²) < 4.78 is 5.64. The zero-order chi connectivity index (χ0) is 13.1. The molecule has 2 aromatic rings. The first kappa shape index (κ1) is 13.5. The summed E-state index contributed by atoms with van der Waals surface area (Å²) >= 11 is 6.24. The molecule has 0 saturated carbocycles. The average molecular weight is 299 g/mol. The third-order valence-corrected chi connectivity index (χ3v) is 4.13. The summed E-state index contributed by atoms with van der Waals surface area (Å²) in [7, 11) is 5.24. The molecule has 94 valence electrons. The molecule has 0 saturated heterocycles. The van der Waals surface area contributed by atoms with E-state index in [9.17, 15) is 0 Å². The molecule has 2 rings (SSSR count). The zero-order valence-electron chi connectivity index (χ0n) is 9.56. The number of nitrogen functional groups attached to an aromatic ring is 1. The normalized spacial score (nSPS) is 10.4. The van der Waals surface area contributed by atoms with Crippen molar-refractivity contribution >= 4 is 46.5 Å². The number of benzene rings is 1. The lowest BCUT2D eigenvalue weighted by atomic mass is 10.2. The Balaban J connectivity index is 2.21. The van der Waals surface area contributed by atoms with Crippen molar-refractivity contribution in [3.05, 3.63) is 41.0 Å². The molecule has 1 heterocycles. The summed E-state index contributed by atoms with van der Waals surface area (Å²) in [5.41, 5.74) is 6.64. The van der Waals surface area contributed by atoms with Gasteiger partial charge in [0.15, 0.2) is 11.6 Å². The van der Waals surface area contributed by atoms with Crippen LogP contribution in [0.1, 0.15) is 5.56 Å². The van der Waals surface area contributed by atoms with Gasteiger partial charge in [-0.05, 0) is 22.7 Å². The van der Waals surface area contributed by atoms with Crippen LogP contribution in [0, 0.1) is 0 Å². The van der Waals surface area contributed by atoms with E-state index in [4.69, 9.17) is 22.1 Å². The number of anilines is 1. The fourth-order valence-electron chi connectivity index (χ4n) is 1.48. The van der Waals surface area contributed by atoms with Crippen LogP contribution in [0.5, 0.6) is 5.75 Å². The number of nitrogens with zero attached hydrogens (tertiary/aromatic N) is 1. The van der Waals surface area contributed by atoms with Gasteiger partial charge in [0.05, 0.1) is 5.02 Å². The third kappa shape index (κ3) is 2.92. The largest absolute Gasteiger partial charge is 0.485 e. The van der Waals surface area contributed by atoms with Crippen molar-refractivity contribution in [1.29, 1.82) is 0 Å². The topological polar surface area (TPSA) is 48.1 Å². The molecule has 0 aliphatic rings. The number of aromatic nitrogens is 1. The lowest BCUT2D eigenvalue weighted by Gasteiger charge is -2.12. The van der Waals surface area contributed by atoms with Gasteiger partial charge in [-0.2, -0.15) is 0 Å². The summed E-state index contributed by atoms with van der Waals surface area (Å²) in [6.45, 7) is 0.357. The van der Waals surface area contributed by atoms with Crippen molar-refractivity contribution in [3.8, 4) is 5.75 Å². The summed E-state index contributed by atoms with van der Waals surface area (Å²) in [6, 6.07) is 7.48. The molecule has 0 spiro atoms.